The smallest absolute Gasteiger partial charge is 0.164 e. The van der Waals surface area contributed by atoms with E-state index in [4.69, 9.17) is 29.9 Å². The zero-order valence-corrected chi connectivity index (χ0v) is 30.2. The maximum absolute atomic E-state index is 5.08. The summed E-state index contributed by atoms with van der Waals surface area (Å²) in [4.78, 5) is 30.0. The molecule has 0 saturated carbocycles. The van der Waals surface area contributed by atoms with E-state index < -0.39 is 0 Å². The van der Waals surface area contributed by atoms with E-state index in [1.807, 2.05) is 121 Å². The molecule has 0 aliphatic rings. The number of nitrogens with zero attached hydrogens (tertiary/aromatic N) is 6. The van der Waals surface area contributed by atoms with Gasteiger partial charge in [0.1, 0.15) is 0 Å². The van der Waals surface area contributed by atoms with Crippen molar-refractivity contribution in [3.63, 3.8) is 0 Å². The van der Waals surface area contributed by atoms with Gasteiger partial charge in [-0.1, -0.05) is 170 Å². The molecule has 0 bridgehead atoms. The van der Waals surface area contributed by atoms with E-state index in [1.165, 1.54) is 4.70 Å². The van der Waals surface area contributed by atoms with Crippen LogP contribution in [0.2, 0.25) is 0 Å². The first kappa shape index (κ1) is 32.4. The highest BCUT2D eigenvalue weighted by molar-refractivity contribution is 7.26. The zero-order valence-electron chi connectivity index (χ0n) is 29.4. The van der Waals surface area contributed by atoms with Crippen molar-refractivity contribution in [2.45, 2.75) is 0 Å². The third-order valence-corrected chi connectivity index (χ3v) is 10.8. The normalized spacial score (nSPS) is 11.3. The Bertz CT molecular complexity index is 2850. The monoisotopic (exact) mass is 722 g/mol. The lowest BCUT2D eigenvalue weighted by Crippen LogP contribution is -2.00. The van der Waals surface area contributed by atoms with Crippen LogP contribution in [-0.2, 0) is 0 Å². The molecule has 0 aliphatic carbocycles. The number of hydrogen-bond acceptors (Lipinski definition) is 7. The first-order chi connectivity index (χ1) is 27.2. The summed E-state index contributed by atoms with van der Waals surface area (Å²) < 4.78 is 2.35. The van der Waals surface area contributed by atoms with Crippen LogP contribution in [0.25, 0.3) is 99.6 Å². The summed E-state index contributed by atoms with van der Waals surface area (Å²) in [7, 11) is 0. The Morgan fingerprint density at radius 1 is 0.291 bits per heavy atom. The second-order valence-electron chi connectivity index (χ2n) is 13.1. The second kappa shape index (κ2) is 14.0. The van der Waals surface area contributed by atoms with Gasteiger partial charge >= 0.3 is 0 Å². The van der Waals surface area contributed by atoms with E-state index in [9.17, 15) is 0 Å². The van der Waals surface area contributed by atoms with Gasteiger partial charge in [-0.25, -0.2) is 29.9 Å². The summed E-state index contributed by atoms with van der Waals surface area (Å²) in [6, 6.07) is 61.8. The second-order valence-corrected chi connectivity index (χ2v) is 14.2. The molecule has 0 radical (unpaired) electrons. The number of benzene rings is 7. The Morgan fingerprint density at radius 2 is 0.673 bits per heavy atom. The number of hydrogen-bond donors (Lipinski definition) is 0. The van der Waals surface area contributed by atoms with Crippen LogP contribution in [0.15, 0.2) is 182 Å². The van der Waals surface area contributed by atoms with Crippen molar-refractivity contribution in [2.24, 2.45) is 0 Å². The van der Waals surface area contributed by atoms with Crippen molar-refractivity contribution in [3.05, 3.63) is 182 Å². The molecule has 0 unspecified atom stereocenters. The van der Waals surface area contributed by atoms with E-state index in [0.717, 1.165) is 60.0 Å². The molecule has 10 aromatic rings. The molecular formula is C48H30N6S. The highest BCUT2D eigenvalue weighted by atomic mass is 32.1. The maximum atomic E-state index is 5.08. The largest absolute Gasteiger partial charge is 0.208 e. The van der Waals surface area contributed by atoms with Gasteiger partial charge in [-0.3, -0.25) is 0 Å². The predicted molar refractivity (Wildman–Crippen MR) is 224 cm³/mol. The number of fused-ring (bicyclic) bond motifs is 3. The van der Waals surface area contributed by atoms with Crippen LogP contribution in [0.1, 0.15) is 0 Å². The summed E-state index contributed by atoms with van der Waals surface area (Å²) in [5, 5.41) is 2.28. The fourth-order valence-corrected chi connectivity index (χ4v) is 8.22. The van der Waals surface area contributed by atoms with Gasteiger partial charge in [-0.15, -0.1) is 11.3 Å². The molecule has 0 saturated heterocycles. The van der Waals surface area contributed by atoms with E-state index in [2.05, 4.69) is 60.7 Å². The molecule has 0 spiro atoms. The summed E-state index contributed by atoms with van der Waals surface area (Å²) in [5.74, 6) is 3.82. The molecule has 7 aromatic carbocycles. The van der Waals surface area contributed by atoms with Crippen molar-refractivity contribution in [1.29, 1.82) is 0 Å². The topological polar surface area (TPSA) is 77.3 Å². The molecule has 0 fully saturated rings. The fraction of sp³-hybridized carbons (Fsp3) is 0. The van der Waals surface area contributed by atoms with Gasteiger partial charge in [0.15, 0.2) is 34.9 Å². The molecule has 0 aliphatic heterocycles. The Kier molecular flexibility index (Phi) is 8.24. The molecule has 0 amide bonds. The van der Waals surface area contributed by atoms with Crippen LogP contribution in [0.4, 0.5) is 0 Å². The van der Waals surface area contributed by atoms with Gasteiger partial charge in [-0.05, 0) is 23.3 Å². The van der Waals surface area contributed by atoms with E-state index in [0.29, 0.717) is 34.9 Å². The van der Waals surface area contributed by atoms with Crippen molar-refractivity contribution >= 4 is 31.5 Å². The third-order valence-electron chi connectivity index (χ3n) is 9.59. The molecule has 6 nitrogen and oxygen atoms in total. The van der Waals surface area contributed by atoms with Gasteiger partial charge < -0.3 is 0 Å². The third kappa shape index (κ3) is 6.22. The zero-order chi connectivity index (χ0) is 36.6. The number of aromatic nitrogens is 6. The maximum Gasteiger partial charge on any atom is 0.164 e. The minimum absolute atomic E-state index is 0.624. The summed E-state index contributed by atoms with van der Waals surface area (Å²) in [6.07, 6.45) is 0. The van der Waals surface area contributed by atoms with Gasteiger partial charge in [0.05, 0.1) is 0 Å². The van der Waals surface area contributed by atoms with Gasteiger partial charge in [-0.2, -0.15) is 0 Å². The SMILES string of the molecule is c1ccc(-c2nc(-c3ccccc3)nc(-c3cccc(-c4cccc5c4sc4cccc(-c6nc(-c7ccccc7)nc(-c7ccccc7)n6)c45)c3)n2)cc1. The van der Waals surface area contributed by atoms with Crippen LogP contribution < -0.4 is 0 Å². The van der Waals surface area contributed by atoms with Crippen LogP contribution in [0.3, 0.4) is 0 Å². The molecule has 7 heteroatoms. The first-order valence-corrected chi connectivity index (χ1v) is 18.9. The average molecular weight is 723 g/mol. The Labute approximate surface area is 321 Å². The minimum Gasteiger partial charge on any atom is -0.208 e. The van der Waals surface area contributed by atoms with Crippen molar-refractivity contribution in [2.75, 3.05) is 0 Å². The number of rotatable bonds is 7. The number of thiophene rings is 1. The Morgan fingerprint density at radius 3 is 1.18 bits per heavy atom. The lowest BCUT2D eigenvalue weighted by molar-refractivity contribution is 1.07. The molecular weight excluding hydrogens is 693 g/mol. The van der Waals surface area contributed by atoms with E-state index >= 15 is 0 Å². The Balaban J connectivity index is 1.12. The standard InChI is InChI=1S/C48H30N6S/c1-5-16-31(17-6-1)43-49-44(32-18-7-2-8-19-32)52-47(51-43)36-25-13-24-35(30-36)37-26-14-27-38-41-39(28-15-29-40(41)55-42(37)38)48-53-45(33-20-9-3-10-21-33)50-46(54-48)34-22-11-4-12-23-34/h1-30H. The van der Waals surface area contributed by atoms with E-state index in [1.54, 1.807) is 11.3 Å². The Hall–Kier alpha value is -7.22. The summed E-state index contributed by atoms with van der Waals surface area (Å²) in [5.41, 5.74) is 7.87. The van der Waals surface area contributed by atoms with Crippen LogP contribution in [0, 0.1) is 0 Å². The molecule has 3 aromatic heterocycles. The highest BCUT2D eigenvalue weighted by Gasteiger charge is 2.19. The highest BCUT2D eigenvalue weighted by Crippen LogP contribution is 2.44. The predicted octanol–water partition coefficient (Wildman–Crippen LogP) is 12.1. The van der Waals surface area contributed by atoms with Crippen LogP contribution in [0.5, 0.6) is 0 Å². The lowest BCUT2D eigenvalue weighted by atomic mass is 9.99. The van der Waals surface area contributed by atoms with Gasteiger partial charge in [0.25, 0.3) is 0 Å². The van der Waals surface area contributed by atoms with Crippen molar-refractivity contribution in [1.82, 2.24) is 29.9 Å². The molecule has 55 heavy (non-hydrogen) atoms. The van der Waals surface area contributed by atoms with Crippen LogP contribution >= 0.6 is 11.3 Å². The quantitative estimate of drug-likeness (QED) is 0.163. The molecule has 0 N–H and O–H groups in total. The van der Waals surface area contributed by atoms with Crippen molar-refractivity contribution < 1.29 is 0 Å². The fourth-order valence-electron chi connectivity index (χ4n) is 6.95. The molecule has 3 heterocycles. The molecule has 258 valence electrons. The summed E-state index contributed by atoms with van der Waals surface area (Å²) >= 11 is 1.78. The first-order valence-electron chi connectivity index (χ1n) is 18.0. The molecule has 10 rings (SSSR count). The van der Waals surface area contributed by atoms with Crippen LogP contribution in [-0.4, -0.2) is 29.9 Å². The minimum atomic E-state index is 0.624. The van der Waals surface area contributed by atoms with Gasteiger partial charge in [0, 0.05) is 53.6 Å². The van der Waals surface area contributed by atoms with Gasteiger partial charge in [0.2, 0.25) is 0 Å². The van der Waals surface area contributed by atoms with E-state index in [-0.39, 0.29) is 0 Å². The lowest BCUT2D eigenvalue weighted by Gasteiger charge is -2.10. The van der Waals surface area contributed by atoms with Crippen molar-refractivity contribution in [3.8, 4) is 79.5 Å². The molecule has 0 atom stereocenters. The average Bonchev–Trinajstić information content (AvgIpc) is 3.67. The summed E-state index contributed by atoms with van der Waals surface area (Å²) in [6.45, 7) is 0.